The molecule has 9 nitrogen and oxygen atoms in total. The van der Waals surface area contributed by atoms with E-state index in [2.05, 4.69) is 9.97 Å². The third kappa shape index (κ3) is 7.39. The van der Waals surface area contributed by atoms with E-state index in [-0.39, 0.29) is 47.6 Å². The minimum Gasteiger partial charge on any atom is -0.493 e. The molecule has 1 atom stereocenters. The molecule has 2 fully saturated rings. The van der Waals surface area contributed by atoms with E-state index in [0.29, 0.717) is 43.7 Å². The minimum atomic E-state index is -4.67. The first-order chi connectivity index (χ1) is 20.4. The number of nitriles is 1. The molecule has 230 valence electrons. The first kappa shape index (κ1) is 30.6. The van der Waals surface area contributed by atoms with Crippen LogP contribution < -0.4 is 4.74 Å². The molecule has 2 aliphatic rings. The molecule has 4 heterocycles. The Labute approximate surface area is 248 Å². The van der Waals surface area contributed by atoms with Crippen molar-refractivity contribution in [2.75, 3.05) is 26.3 Å². The van der Waals surface area contributed by atoms with Gasteiger partial charge in [0.1, 0.15) is 23.1 Å². The number of rotatable bonds is 7. The largest absolute Gasteiger partial charge is 0.493 e. The third-order valence-electron chi connectivity index (χ3n) is 7.75. The fraction of sp³-hybridized carbons (Fsp3) is 0.548. The number of hydrogen-bond donors (Lipinski definition) is 0. The molecule has 0 radical (unpaired) electrons. The molecule has 3 aromatic rings. The summed E-state index contributed by atoms with van der Waals surface area (Å²) in [5.74, 6) is -0.157. The number of alkyl halides is 3. The van der Waals surface area contributed by atoms with Crippen LogP contribution in [0.1, 0.15) is 64.3 Å². The van der Waals surface area contributed by atoms with E-state index in [0.717, 1.165) is 31.7 Å². The topological polar surface area (TPSA) is 102 Å². The smallest absolute Gasteiger partial charge is 0.419 e. The molecule has 2 saturated heterocycles. The average Bonchev–Trinajstić information content (AvgIpc) is 3.62. The molecule has 12 heteroatoms. The van der Waals surface area contributed by atoms with Gasteiger partial charge in [-0.1, -0.05) is 0 Å². The van der Waals surface area contributed by atoms with Crippen molar-refractivity contribution >= 4 is 17.1 Å². The Morgan fingerprint density at radius 1 is 1.14 bits per heavy atom. The molecule has 0 saturated carbocycles. The van der Waals surface area contributed by atoms with Crippen molar-refractivity contribution in [3.63, 3.8) is 0 Å². The van der Waals surface area contributed by atoms with Gasteiger partial charge >= 0.3 is 12.3 Å². The summed E-state index contributed by atoms with van der Waals surface area (Å²) in [5, 5.41) is 10.1. The number of piperidine rings is 1. The van der Waals surface area contributed by atoms with Crippen LogP contribution in [0.4, 0.5) is 18.0 Å². The predicted octanol–water partition coefficient (Wildman–Crippen LogP) is 6.58. The number of amides is 1. The number of nitrogens with zero attached hydrogens (tertiary/aromatic N) is 5. The summed E-state index contributed by atoms with van der Waals surface area (Å²) >= 11 is 0. The summed E-state index contributed by atoms with van der Waals surface area (Å²) in [6.45, 7) is 7.87. The maximum atomic E-state index is 14.2. The van der Waals surface area contributed by atoms with Crippen LogP contribution in [0.3, 0.4) is 0 Å². The van der Waals surface area contributed by atoms with Crippen LogP contribution in [0.2, 0.25) is 0 Å². The van der Waals surface area contributed by atoms with Crippen molar-refractivity contribution in [1.29, 1.82) is 5.26 Å². The lowest BCUT2D eigenvalue weighted by atomic mass is 9.94. The van der Waals surface area contributed by atoms with E-state index in [9.17, 15) is 23.2 Å². The summed E-state index contributed by atoms with van der Waals surface area (Å²) in [4.78, 5) is 22.6. The molecule has 0 aliphatic carbocycles. The van der Waals surface area contributed by atoms with Gasteiger partial charge in [0.05, 0.1) is 30.5 Å². The Morgan fingerprint density at radius 3 is 2.56 bits per heavy atom. The highest BCUT2D eigenvalue weighted by atomic mass is 19.4. The van der Waals surface area contributed by atoms with Crippen LogP contribution in [0.5, 0.6) is 5.75 Å². The molecule has 43 heavy (non-hydrogen) atoms. The Balaban J connectivity index is 1.30. The molecule has 2 aliphatic heterocycles. The molecular weight excluding hydrogens is 563 g/mol. The molecule has 1 unspecified atom stereocenters. The minimum absolute atomic E-state index is 0.0188. The quantitative estimate of drug-likeness (QED) is 0.302. The number of carbonyl (C=O) groups excluding carboxylic acids is 1. The van der Waals surface area contributed by atoms with E-state index in [4.69, 9.17) is 14.2 Å². The fourth-order valence-corrected chi connectivity index (χ4v) is 5.58. The fourth-order valence-electron chi connectivity index (χ4n) is 5.58. The summed E-state index contributed by atoms with van der Waals surface area (Å²) in [6.07, 6.45) is 0.698. The van der Waals surface area contributed by atoms with Gasteiger partial charge in [0.15, 0.2) is 0 Å². The summed E-state index contributed by atoms with van der Waals surface area (Å²) < 4.78 is 61.4. The SMILES string of the molecule is CC(C)(C)OC(=O)N1CCC(CCOc2ccc(-c3nc(C#N)nc4c3ccn4CC3CCCO3)cc2C(F)(F)F)CC1. The van der Waals surface area contributed by atoms with Gasteiger partial charge in [-0.25, -0.2) is 14.8 Å². The molecular formula is C31H36F3N5O4. The third-order valence-corrected chi connectivity index (χ3v) is 7.75. The Bertz CT molecular complexity index is 1490. The normalized spacial score (nSPS) is 18.2. The number of benzene rings is 1. The first-order valence-corrected chi connectivity index (χ1v) is 14.6. The van der Waals surface area contributed by atoms with Crippen LogP contribution >= 0.6 is 0 Å². The number of likely N-dealkylation sites (tertiary alicyclic amines) is 1. The molecule has 1 amide bonds. The molecule has 0 spiro atoms. The van der Waals surface area contributed by atoms with Gasteiger partial charge in [0, 0.05) is 36.8 Å². The second kappa shape index (κ2) is 12.4. The summed E-state index contributed by atoms with van der Waals surface area (Å²) in [7, 11) is 0. The predicted molar refractivity (Wildman–Crippen MR) is 152 cm³/mol. The Hall–Kier alpha value is -3.85. The van der Waals surface area contributed by atoms with Crippen molar-refractivity contribution in [3.05, 3.63) is 41.9 Å². The highest BCUT2D eigenvalue weighted by Gasteiger charge is 2.35. The van der Waals surface area contributed by atoms with Gasteiger partial charge in [-0.05, 0) is 83.1 Å². The zero-order chi connectivity index (χ0) is 30.8. The molecule has 0 N–H and O–H groups in total. The molecule has 1 aromatic carbocycles. The highest BCUT2D eigenvalue weighted by molar-refractivity contribution is 5.91. The summed E-state index contributed by atoms with van der Waals surface area (Å²) in [6, 6.07) is 7.55. The standard InChI is InChI=1S/C31H36F3N5O4/c1-30(2,3)43-29(40)38-12-8-20(9-13-38)11-16-42-25-7-6-21(17-24(25)31(32,33)34)27-23-10-14-39(19-22-5-4-15-41-22)28(23)37-26(18-35)36-27/h6-7,10,14,17,20,22H,4-5,8-9,11-13,15-16,19H2,1-3H3. The Kier molecular flexibility index (Phi) is 8.83. The second-order valence-corrected chi connectivity index (χ2v) is 12.1. The van der Waals surface area contributed by atoms with Gasteiger partial charge in [0.2, 0.25) is 5.82 Å². The van der Waals surface area contributed by atoms with Crippen LogP contribution in [0.15, 0.2) is 30.5 Å². The second-order valence-electron chi connectivity index (χ2n) is 12.1. The van der Waals surface area contributed by atoms with Gasteiger partial charge in [-0.3, -0.25) is 0 Å². The number of carbonyl (C=O) groups is 1. The first-order valence-electron chi connectivity index (χ1n) is 14.6. The number of hydrogen-bond acceptors (Lipinski definition) is 7. The maximum absolute atomic E-state index is 14.2. The van der Waals surface area contributed by atoms with E-state index in [1.54, 1.807) is 17.2 Å². The van der Waals surface area contributed by atoms with Gasteiger partial charge in [-0.15, -0.1) is 0 Å². The van der Waals surface area contributed by atoms with Crippen molar-refractivity contribution < 1.29 is 32.2 Å². The monoisotopic (exact) mass is 599 g/mol. The van der Waals surface area contributed by atoms with Crippen molar-refractivity contribution in [2.24, 2.45) is 5.92 Å². The van der Waals surface area contributed by atoms with Gasteiger partial charge in [-0.2, -0.15) is 18.4 Å². The zero-order valence-electron chi connectivity index (χ0n) is 24.6. The highest BCUT2D eigenvalue weighted by Crippen LogP contribution is 2.40. The lowest BCUT2D eigenvalue weighted by Crippen LogP contribution is -2.41. The number of fused-ring (bicyclic) bond motifs is 1. The molecule has 5 rings (SSSR count). The molecule has 2 aromatic heterocycles. The van der Waals surface area contributed by atoms with E-state index in [1.165, 1.54) is 12.1 Å². The van der Waals surface area contributed by atoms with Crippen molar-refractivity contribution in [2.45, 2.75) is 77.3 Å². The van der Waals surface area contributed by atoms with E-state index in [1.807, 2.05) is 31.4 Å². The lowest BCUT2D eigenvalue weighted by molar-refractivity contribution is -0.138. The average molecular weight is 600 g/mol. The van der Waals surface area contributed by atoms with Crippen LogP contribution in [0, 0.1) is 17.2 Å². The number of aromatic nitrogens is 3. The van der Waals surface area contributed by atoms with Crippen LogP contribution in [0.25, 0.3) is 22.3 Å². The van der Waals surface area contributed by atoms with Crippen molar-refractivity contribution in [1.82, 2.24) is 19.4 Å². The summed E-state index contributed by atoms with van der Waals surface area (Å²) in [5.41, 5.74) is -0.535. The van der Waals surface area contributed by atoms with Crippen LogP contribution in [-0.4, -0.2) is 63.5 Å². The lowest BCUT2D eigenvalue weighted by Gasteiger charge is -2.33. The molecule has 0 bridgehead atoms. The number of ether oxygens (including phenoxy) is 3. The zero-order valence-corrected chi connectivity index (χ0v) is 24.6. The van der Waals surface area contributed by atoms with Crippen molar-refractivity contribution in [3.8, 4) is 23.1 Å². The Morgan fingerprint density at radius 2 is 1.91 bits per heavy atom. The number of halogens is 3. The van der Waals surface area contributed by atoms with Gasteiger partial charge in [0.25, 0.3) is 0 Å². The van der Waals surface area contributed by atoms with E-state index >= 15 is 0 Å². The van der Waals surface area contributed by atoms with Crippen LogP contribution in [-0.2, 0) is 22.2 Å². The maximum Gasteiger partial charge on any atom is 0.419 e. The van der Waals surface area contributed by atoms with Gasteiger partial charge < -0.3 is 23.7 Å². The van der Waals surface area contributed by atoms with E-state index < -0.39 is 17.3 Å².